The van der Waals surface area contributed by atoms with Gasteiger partial charge in [0.1, 0.15) is 11.8 Å². The minimum atomic E-state index is -1.03. The molecule has 0 spiro atoms. The molecule has 4 rings (SSSR count). The minimum absolute atomic E-state index is 0.0428. The van der Waals surface area contributed by atoms with E-state index in [0.29, 0.717) is 22.6 Å². The summed E-state index contributed by atoms with van der Waals surface area (Å²) in [6, 6.07) is 3.80. The van der Waals surface area contributed by atoms with Crippen molar-refractivity contribution >= 4 is 12.2 Å². The third kappa shape index (κ3) is 6.36. The molecule has 1 aliphatic heterocycles. The number of alkyl carbamates (subject to hydrolysis) is 1. The van der Waals surface area contributed by atoms with Gasteiger partial charge >= 0.3 is 6.09 Å². The predicted octanol–water partition coefficient (Wildman–Crippen LogP) is 5.29. The molecule has 2 aliphatic rings. The first-order valence-corrected chi connectivity index (χ1v) is 14.0. The summed E-state index contributed by atoms with van der Waals surface area (Å²) >= 11 is 0. The van der Waals surface area contributed by atoms with Crippen molar-refractivity contribution in [2.75, 3.05) is 0 Å². The van der Waals surface area contributed by atoms with Gasteiger partial charge in [0.05, 0.1) is 0 Å². The molecule has 1 amide bonds. The number of aromatic nitrogens is 1. The van der Waals surface area contributed by atoms with Gasteiger partial charge in [-0.15, -0.1) is 0 Å². The van der Waals surface area contributed by atoms with Crippen molar-refractivity contribution in [2.45, 2.75) is 104 Å². The van der Waals surface area contributed by atoms with Crippen LogP contribution < -0.4 is 25.7 Å². The van der Waals surface area contributed by atoms with Crippen LogP contribution in [0.3, 0.4) is 0 Å². The SMILES string of the molecule is C=Cc1cc(C(O)NCc2c(C)cc(C)[nH]c2=O)c(C)c2c1OC(C)(C1CCC(NC(=O)OC(C)(C)C)CC1)O2. The largest absolute Gasteiger partial charge is 0.448 e. The topological polar surface area (TPSA) is 122 Å². The first-order valence-electron chi connectivity index (χ1n) is 14.0. The number of carbonyl (C=O) groups is 1. The summed E-state index contributed by atoms with van der Waals surface area (Å²) in [5.74, 6) is 0.432. The van der Waals surface area contributed by atoms with E-state index in [1.807, 2.05) is 60.6 Å². The number of fused-ring (bicyclic) bond motifs is 1. The molecule has 2 heterocycles. The lowest BCUT2D eigenvalue weighted by atomic mass is 9.81. The molecule has 1 aromatic carbocycles. The molecule has 2 unspecified atom stereocenters. The number of ether oxygens (including phenoxy) is 3. The number of aliphatic hydroxyl groups is 1. The summed E-state index contributed by atoms with van der Waals surface area (Å²) in [5, 5.41) is 17.2. The molecule has 1 aliphatic carbocycles. The summed E-state index contributed by atoms with van der Waals surface area (Å²) in [7, 11) is 0. The highest BCUT2D eigenvalue weighted by molar-refractivity contribution is 5.68. The highest BCUT2D eigenvalue weighted by Crippen LogP contribution is 2.51. The maximum absolute atomic E-state index is 12.4. The maximum Gasteiger partial charge on any atom is 0.407 e. The summed E-state index contributed by atoms with van der Waals surface area (Å²) in [4.78, 5) is 27.5. The fraction of sp³-hybridized carbons (Fsp3) is 0.548. The Morgan fingerprint density at radius 1 is 1.20 bits per heavy atom. The second-order valence-electron chi connectivity index (χ2n) is 12.2. The Morgan fingerprint density at radius 3 is 2.45 bits per heavy atom. The number of benzene rings is 1. The van der Waals surface area contributed by atoms with E-state index in [-0.39, 0.29) is 24.1 Å². The number of nitrogens with one attached hydrogen (secondary N) is 3. The fourth-order valence-corrected chi connectivity index (χ4v) is 5.68. The van der Waals surface area contributed by atoms with Crippen LogP contribution >= 0.6 is 0 Å². The maximum atomic E-state index is 12.4. The van der Waals surface area contributed by atoms with Gasteiger partial charge in [-0.05, 0) is 84.9 Å². The highest BCUT2D eigenvalue weighted by atomic mass is 16.7. The van der Waals surface area contributed by atoms with E-state index in [4.69, 9.17) is 14.2 Å². The summed E-state index contributed by atoms with van der Waals surface area (Å²) in [6.45, 7) is 17.3. The number of aromatic amines is 1. The van der Waals surface area contributed by atoms with E-state index in [2.05, 4.69) is 22.2 Å². The van der Waals surface area contributed by atoms with E-state index in [9.17, 15) is 14.7 Å². The molecule has 40 heavy (non-hydrogen) atoms. The van der Waals surface area contributed by atoms with Crippen molar-refractivity contribution in [1.82, 2.24) is 15.6 Å². The van der Waals surface area contributed by atoms with Crippen LogP contribution in [-0.4, -0.2) is 33.6 Å². The van der Waals surface area contributed by atoms with Crippen molar-refractivity contribution in [1.29, 1.82) is 0 Å². The van der Waals surface area contributed by atoms with Crippen LogP contribution in [0.5, 0.6) is 11.5 Å². The first kappa shape index (κ1) is 29.7. The van der Waals surface area contributed by atoms with Crippen LogP contribution in [-0.2, 0) is 11.3 Å². The number of aliphatic hydroxyl groups excluding tert-OH is 1. The molecule has 9 nitrogen and oxygen atoms in total. The molecule has 2 atom stereocenters. The van der Waals surface area contributed by atoms with Crippen molar-refractivity contribution in [3.05, 3.63) is 62.6 Å². The molecule has 0 saturated heterocycles. The van der Waals surface area contributed by atoms with Gasteiger partial charge in [0.15, 0.2) is 11.5 Å². The number of amides is 1. The zero-order valence-electron chi connectivity index (χ0n) is 24.7. The lowest BCUT2D eigenvalue weighted by Crippen LogP contribution is -2.48. The summed E-state index contributed by atoms with van der Waals surface area (Å²) in [6.07, 6.45) is 3.48. The molecular weight excluding hydrogens is 510 g/mol. The summed E-state index contributed by atoms with van der Waals surface area (Å²) < 4.78 is 18.4. The third-order valence-corrected chi connectivity index (χ3v) is 7.83. The van der Waals surface area contributed by atoms with Crippen LogP contribution in [0.2, 0.25) is 0 Å². The lowest BCUT2D eigenvalue weighted by molar-refractivity contribution is -0.121. The number of aryl methyl sites for hydroxylation is 2. The number of rotatable bonds is 7. The van der Waals surface area contributed by atoms with Gasteiger partial charge in [-0.1, -0.05) is 12.7 Å². The average molecular weight is 554 g/mol. The van der Waals surface area contributed by atoms with E-state index in [1.165, 1.54) is 0 Å². The van der Waals surface area contributed by atoms with E-state index < -0.39 is 23.7 Å². The quantitative estimate of drug-likeness (QED) is 0.344. The van der Waals surface area contributed by atoms with Gasteiger partial charge in [-0.3, -0.25) is 10.1 Å². The predicted molar refractivity (Wildman–Crippen MR) is 154 cm³/mol. The van der Waals surface area contributed by atoms with Gasteiger partial charge in [-0.2, -0.15) is 0 Å². The third-order valence-electron chi connectivity index (χ3n) is 7.83. The highest BCUT2D eigenvalue weighted by Gasteiger charge is 2.47. The second kappa shape index (κ2) is 11.3. The molecule has 4 N–H and O–H groups in total. The van der Waals surface area contributed by atoms with Crippen LogP contribution in [0.4, 0.5) is 4.79 Å². The molecule has 218 valence electrons. The van der Waals surface area contributed by atoms with E-state index >= 15 is 0 Å². The molecule has 2 aromatic rings. The lowest BCUT2D eigenvalue weighted by Gasteiger charge is -2.37. The standard InChI is InChI=1S/C31H43N3O6/c1-9-20-15-23(27(35)32-16-24-17(2)14-18(3)33-28(24)36)19(4)25-26(20)39-31(8,38-25)21-10-12-22(13-11-21)34-29(37)40-30(5,6)7/h9,14-15,21-22,27,32,35H,1,10-13,16H2,2-8H3,(H,33,36)(H,34,37). The van der Waals surface area contributed by atoms with E-state index in [0.717, 1.165) is 48.1 Å². The van der Waals surface area contributed by atoms with Crippen LogP contribution in [0.15, 0.2) is 23.5 Å². The normalized spacial score (nSPS) is 23.0. The van der Waals surface area contributed by atoms with Gasteiger partial charge in [0, 0.05) is 53.4 Å². The second-order valence-corrected chi connectivity index (χ2v) is 12.2. The zero-order valence-corrected chi connectivity index (χ0v) is 24.7. The van der Waals surface area contributed by atoms with Gasteiger partial charge < -0.3 is 29.6 Å². The first-order chi connectivity index (χ1) is 18.7. The molecular formula is C31H43N3O6. The molecule has 1 saturated carbocycles. The molecule has 1 fully saturated rings. The summed E-state index contributed by atoms with van der Waals surface area (Å²) in [5.41, 5.74) is 3.66. The van der Waals surface area contributed by atoms with Crippen molar-refractivity contribution < 1.29 is 24.1 Å². The smallest absolute Gasteiger partial charge is 0.407 e. The Balaban J connectivity index is 1.46. The van der Waals surface area contributed by atoms with Crippen LogP contribution in [0.25, 0.3) is 6.08 Å². The molecule has 0 bridgehead atoms. The van der Waals surface area contributed by atoms with Gasteiger partial charge in [0.2, 0.25) is 0 Å². The van der Waals surface area contributed by atoms with Gasteiger partial charge in [-0.25, -0.2) is 4.79 Å². The van der Waals surface area contributed by atoms with Crippen LogP contribution in [0.1, 0.15) is 93.1 Å². The van der Waals surface area contributed by atoms with E-state index in [1.54, 1.807) is 6.08 Å². The minimum Gasteiger partial charge on any atom is -0.448 e. The average Bonchev–Trinajstić information content (AvgIpc) is 3.22. The Morgan fingerprint density at radius 2 is 1.85 bits per heavy atom. The Hall–Kier alpha value is -3.30. The zero-order chi connectivity index (χ0) is 29.4. The molecule has 9 heteroatoms. The van der Waals surface area contributed by atoms with Crippen LogP contribution in [0, 0.1) is 26.7 Å². The number of hydrogen-bond acceptors (Lipinski definition) is 7. The van der Waals surface area contributed by atoms with Crippen molar-refractivity contribution in [2.24, 2.45) is 5.92 Å². The number of carbonyl (C=O) groups excluding carboxylic acids is 1. The van der Waals surface area contributed by atoms with Crippen molar-refractivity contribution in [3.63, 3.8) is 0 Å². The Kier molecular flexibility index (Phi) is 8.38. The number of pyridine rings is 1. The molecule has 0 radical (unpaired) electrons. The Labute approximate surface area is 236 Å². The Bertz CT molecular complexity index is 1340. The number of H-pyrrole nitrogens is 1. The van der Waals surface area contributed by atoms with Crippen molar-refractivity contribution in [3.8, 4) is 11.5 Å². The number of hydrogen-bond donors (Lipinski definition) is 4. The monoisotopic (exact) mass is 553 g/mol. The van der Waals surface area contributed by atoms with Gasteiger partial charge in [0.25, 0.3) is 11.3 Å². The molecule has 1 aromatic heterocycles. The fourth-order valence-electron chi connectivity index (χ4n) is 5.68.